The quantitative estimate of drug-likeness (QED) is 0.213. The number of hydrogen-bond acceptors (Lipinski definition) is 3. The van der Waals surface area contributed by atoms with Crippen molar-refractivity contribution >= 4 is 17.6 Å². The molecule has 7 nitrogen and oxygen atoms in total. The Morgan fingerprint density at radius 1 is 0.841 bits per heavy atom. The first-order valence-electron chi connectivity index (χ1n) is 15.1. The Hall–Kier alpha value is -4.50. The number of halogens is 2. The van der Waals surface area contributed by atoms with Gasteiger partial charge in [0, 0.05) is 18.7 Å². The summed E-state index contributed by atoms with van der Waals surface area (Å²) in [5.41, 5.74) is 2.79. The number of nitrogens with zero attached hydrogens (tertiary/aromatic N) is 3. The first-order chi connectivity index (χ1) is 21.3. The molecule has 1 aromatic heterocycles. The first kappa shape index (κ1) is 30.9. The summed E-state index contributed by atoms with van der Waals surface area (Å²) in [7, 11) is 2.25. The Bertz CT molecular complexity index is 1520. The lowest BCUT2D eigenvalue weighted by Crippen LogP contribution is -2.60. The minimum absolute atomic E-state index is 0.0903. The summed E-state index contributed by atoms with van der Waals surface area (Å²) in [4.78, 5) is 29.9. The second-order valence-corrected chi connectivity index (χ2v) is 11.6. The van der Waals surface area contributed by atoms with Crippen LogP contribution in [-0.2, 0) is 19.4 Å². The molecule has 230 valence electrons. The van der Waals surface area contributed by atoms with E-state index in [-0.39, 0.29) is 35.9 Å². The molecule has 0 spiro atoms. The molecular weight excluding hydrogens is 562 g/mol. The lowest BCUT2D eigenvalue weighted by Gasteiger charge is -2.43. The zero-order chi connectivity index (χ0) is 30.9. The molecule has 2 heterocycles. The van der Waals surface area contributed by atoms with Crippen molar-refractivity contribution in [2.45, 2.75) is 25.8 Å². The van der Waals surface area contributed by atoms with Crippen LogP contribution in [0.25, 0.3) is 0 Å². The summed E-state index contributed by atoms with van der Waals surface area (Å²) >= 11 is 0. The third-order valence-electron chi connectivity index (χ3n) is 8.28. The number of rotatable bonds is 11. The first-order valence-corrected chi connectivity index (χ1v) is 15.1. The minimum atomic E-state index is -0.389. The standard InChI is InChI=1S/C35H38F2N4O3/c1-41(23-5-8-27-6-3-2-4-7-27)24-21-39(22-25-41)35(43)40(31-15-13-30(37)14-16-31)26-32-17-18-33(44-32)34(42)38-20-19-28-9-11-29(36)12-10-28/h2-4,6-7,9-18H,5,8,19-26H2,1H3/p+1. The molecule has 4 aromatic rings. The molecule has 9 heteroatoms. The molecule has 0 saturated carbocycles. The summed E-state index contributed by atoms with van der Waals surface area (Å²) in [5, 5.41) is 2.81. The van der Waals surface area contributed by atoms with E-state index in [2.05, 4.69) is 36.6 Å². The van der Waals surface area contributed by atoms with Gasteiger partial charge in [0.05, 0.1) is 46.3 Å². The maximum Gasteiger partial charge on any atom is 0.325 e. The van der Waals surface area contributed by atoms with Crippen molar-refractivity contribution in [3.05, 3.63) is 125 Å². The molecular formula is C35H39F2N4O3+. The van der Waals surface area contributed by atoms with Crippen LogP contribution >= 0.6 is 0 Å². The number of piperazine rings is 1. The van der Waals surface area contributed by atoms with E-state index in [9.17, 15) is 18.4 Å². The zero-order valence-corrected chi connectivity index (χ0v) is 25.1. The molecule has 3 aromatic carbocycles. The summed E-state index contributed by atoms with van der Waals surface area (Å²) in [6.07, 6.45) is 2.66. The molecule has 3 amide bonds. The summed E-state index contributed by atoms with van der Waals surface area (Å²) in [6.45, 7) is 4.41. The molecule has 44 heavy (non-hydrogen) atoms. The highest BCUT2D eigenvalue weighted by Crippen LogP contribution is 2.23. The summed E-state index contributed by atoms with van der Waals surface area (Å²) in [5.74, 6) is -0.503. The van der Waals surface area contributed by atoms with Gasteiger partial charge in [-0.2, -0.15) is 0 Å². The van der Waals surface area contributed by atoms with E-state index in [0.717, 1.165) is 42.5 Å². The van der Waals surface area contributed by atoms with Crippen LogP contribution in [0.3, 0.4) is 0 Å². The molecule has 1 N–H and O–H groups in total. The number of likely N-dealkylation sites (N-methyl/N-ethyl adjacent to an activating group) is 1. The van der Waals surface area contributed by atoms with Crippen molar-refractivity contribution < 1.29 is 27.3 Å². The van der Waals surface area contributed by atoms with Crippen LogP contribution in [0.15, 0.2) is 95.4 Å². The van der Waals surface area contributed by atoms with E-state index in [1.54, 1.807) is 41.3 Å². The number of nitrogens with one attached hydrogen (secondary N) is 1. The van der Waals surface area contributed by atoms with Gasteiger partial charge in [-0.15, -0.1) is 0 Å². The number of benzene rings is 3. The fraction of sp³-hybridized carbons (Fsp3) is 0.314. The molecule has 0 radical (unpaired) electrons. The summed E-state index contributed by atoms with van der Waals surface area (Å²) in [6, 6.07) is 25.5. The van der Waals surface area contributed by atoms with E-state index < -0.39 is 0 Å². The van der Waals surface area contributed by atoms with Gasteiger partial charge in [0.25, 0.3) is 5.91 Å². The number of anilines is 1. The molecule has 0 atom stereocenters. The maximum atomic E-state index is 13.8. The topological polar surface area (TPSA) is 65.8 Å². The van der Waals surface area contributed by atoms with Gasteiger partial charge in [0.15, 0.2) is 5.76 Å². The van der Waals surface area contributed by atoms with Crippen LogP contribution in [-0.4, -0.2) is 67.6 Å². The van der Waals surface area contributed by atoms with Gasteiger partial charge in [-0.1, -0.05) is 42.5 Å². The van der Waals surface area contributed by atoms with Crippen LogP contribution in [0, 0.1) is 11.6 Å². The normalized spacial score (nSPS) is 14.3. The van der Waals surface area contributed by atoms with Gasteiger partial charge in [-0.05, 0) is 72.5 Å². The predicted molar refractivity (Wildman–Crippen MR) is 166 cm³/mol. The number of carbonyl (C=O) groups excluding carboxylic acids is 2. The van der Waals surface area contributed by atoms with Crippen LogP contribution in [0.5, 0.6) is 0 Å². The number of furan rings is 1. The number of urea groups is 1. The highest BCUT2D eigenvalue weighted by Gasteiger charge is 2.33. The van der Waals surface area contributed by atoms with E-state index in [0.29, 0.717) is 37.5 Å². The third-order valence-corrected chi connectivity index (χ3v) is 8.28. The van der Waals surface area contributed by atoms with E-state index in [1.165, 1.54) is 29.8 Å². The number of hydrogen-bond donors (Lipinski definition) is 1. The molecule has 5 rings (SSSR count). The zero-order valence-electron chi connectivity index (χ0n) is 25.1. The average Bonchev–Trinajstić information content (AvgIpc) is 3.51. The number of amides is 3. The number of quaternary nitrogens is 1. The van der Waals surface area contributed by atoms with Crippen LogP contribution < -0.4 is 10.2 Å². The SMILES string of the molecule is C[N+]1(CCCc2ccccc2)CCN(C(=O)N(Cc2ccc(C(=O)NCCc3ccc(F)cc3)o2)c2ccc(F)cc2)CC1. The van der Waals surface area contributed by atoms with Crippen molar-refractivity contribution in [2.24, 2.45) is 0 Å². The number of carbonyl (C=O) groups is 2. The van der Waals surface area contributed by atoms with E-state index in [1.807, 2.05) is 11.0 Å². The Morgan fingerprint density at radius 2 is 1.48 bits per heavy atom. The second kappa shape index (κ2) is 14.3. The Balaban J connectivity index is 1.18. The fourth-order valence-electron chi connectivity index (χ4n) is 5.53. The molecule has 0 unspecified atom stereocenters. The molecule has 1 aliphatic rings. The van der Waals surface area contributed by atoms with Crippen molar-refractivity contribution in [3.8, 4) is 0 Å². The van der Waals surface area contributed by atoms with Gasteiger partial charge in [0.2, 0.25) is 0 Å². The smallest absolute Gasteiger partial charge is 0.325 e. The fourth-order valence-corrected chi connectivity index (χ4v) is 5.53. The van der Waals surface area contributed by atoms with Gasteiger partial charge >= 0.3 is 6.03 Å². The largest absolute Gasteiger partial charge is 0.454 e. The van der Waals surface area contributed by atoms with Crippen molar-refractivity contribution in [2.75, 3.05) is 51.2 Å². The molecule has 1 saturated heterocycles. The summed E-state index contributed by atoms with van der Waals surface area (Å²) < 4.78 is 33.6. The van der Waals surface area contributed by atoms with Crippen LogP contribution in [0.4, 0.5) is 19.3 Å². The Kier molecular flexibility index (Phi) is 10.1. The molecule has 1 aliphatic heterocycles. The maximum absolute atomic E-state index is 13.8. The monoisotopic (exact) mass is 601 g/mol. The van der Waals surface area contributed by atoms with Gasteiger partial charge < -0.3 is 19.1 Å². The second-order valence-electron chi connectivity index (χ2n) is 11.6. The van der Waals surface area contributed by atoms with E-state index >= 15 is 0 Å². The predicted octanol–water partition coefficient (Wildman–Crippen LogP) is 6.05. The highest BCUT2D eigenvalue weighted by atomic mass is 19.1. The van der Waals surface area contributed by atoms with Crippen LogP contribution in [0.2, 0.25) is 0 Å². The highest BCUT2D eigenvalue weighted by molar-refractivity contribution is 5.92. The van der Waals surface area contributed by atoms with Crippen molar-refractivity contribution in [3.63, 3.8) is 0 Å². The molecule has 0 aliphatic carbocycles. The van der Waals surface area contributed by atoms with Crippen molar-refractivity contribution in [1.29, 1.82) is 0 Å². The Labute approximate surface area is 257 Å². The Morgan fingerprint density at radius 3 is 2.16 bits per heavy atom. The molecule has 1 fully saturated rings. The lowest BCUT2D eigenvalue weighted by molar-refractivity contribution is -0.913. The third kappa shape index (κ3) is 8.32. The lowest BCUT2D eigenvalue weighted by atomic mass is 10.1. The van der Waals surface area contributed by atoms with Gasteiger partial charge in [-0.25, -0.2) is 13.6 Å². The minimum Gasteiger partial charge on any atom is -0.454 e. The number of aryl methyl sites for hydroxylation is 1. The van der Waals surface area contributed by atoms with E-state index in [4.69, 9.17) is 4.42 Å². The van der Waals surface area contributed by atoms with Gasteiger partial charge in [-0.3, -0.25) is 9.69 Å². The molecule has 0 bridgehead atoms. The average molecular weight is 602 g/mol. The van der Waals surface area contributed by atoms with Crippen LogP contribution in [0.1, 0.15) is 33.9 Å². The van der Waals surface area contributed by atoms with Gasteiger partial charge in [0.1, 0.15) is 17.4 Å². The van der Waals surface area contributed by atoms with Crippen molar-refractivity contribution in [1.82, 2.24) is 10.2 Å².